The summed E-state index contributed by atoms with van der Waals surface area (Å²) in [7, 11) is 0. The van der Waals surface area contributed by atoms with Gasteiger partial charge in [0.2, 0.25) is 46.9 Å². The Hall–Kier alpha value is -10.4. The number of alkyl carbamates (subject to hydrolysis) is 2. The van der Waals surface area contributed by atoms with Gasteiger partial charge in [0.1, 0.15) is 48.0 Å². The molecule has 39 nitrogen and oxygen atoms in total. The summed E-state index contributed by atoms with van der Waals surface area (Å²) in [5.74, 6) is -12.0. The highest BCUT2D eigenvalue weighted by Crippen LogP contribution is 2.29. The number of hydrogen-bond acceptors (Lipinski definition) is 28. The average Bonchev–Trinajstić information content (AvgIpc) is 1.63. The van der Waals surface area contributed by atoms with E-state index in [-0.39, 0.29) is 120 Å². The first-order valence-corrected chi connectivity index (χ1v) is 37.3. The highest BCUT2D eigenvalue weighted by atomic mass is 16.7. The molecule has 2 aliphatic heterocycles. The van der Waals surface area contributed by atoms with Crippen LogP contribution in [0.1, 0.15) is 166 Å². The van der Waals surface area contributed by atoms with Gasteiger partial charge in [-0.05, 0) is 128 Å². The molecule has 1 unspecified atom stereocenters. The van der Waals surface area contributed by atoms with Gasteiger partial charge in [-0.15, -0.1) is 5.06 Å². The first kappa shape index (κ1) is 94.0. The van der Waals surface area contributed by atoms with E-state index in [2.05, 4.69) is 72.9 Å². The number of hydrogen-bond donors (Lipinski definition) is 13. The zero-order valence-corrected chi connectivity index (χ0v) is 65.6. The van der Waals surface area contributed by atoms with E-state index in [9.17, 15) is 87.5 Å². The third-order valence-corrected chi connectivity index (χ3v) is 17.0. The Morgan fingerprint density at radius 2 is 1.24 bits per heavy atom. The minimum Gasteiger partial charge on any atom is -0.444 e. The van der Waals surface area contributed by atoms with Gasteiger partial charge in [0.25, 0.3) is 11.8 Å². The number of benzene rings is 2. The molecule has 39 heteroatoms. The smallest absolute Gasteiger partial charge is 0.407 e. The lowest BCUT2D eigenvalue weighted by Crippen LogP contribution is -2.59. The molecule has 112 heavy (non-hydrogen) atoms. The molecule has 0 aliphatic carbocycles. The fourth-order valence-electron chi connectivity index (χ4n) is 11.3. The Balaban J connectivity index is 0.000000726. The maximum absolute atomic E-state index is 14.7. The topological polar surface area (TPSA) is 557 Å². The molecule has 0 spiro atoms. The Morgan fingerprint density at radius 3 is 1.81 bits per heavy atom. The standard InChI is InChI=1S/C57H94N10O15.C16H17N5O9/c1-13-18-39-50(75)67-43(29-35-20-16-15-17-21-35)44(70)30-36(28-32(3)4)47(72)63-41(24-27-61-55(80)82-57(10,11)12)51(76)62-38(22-26-60-54(79)81-56(7,8)9)45(71)31-37(33(5)68)48(73)59-25-23-42(52(77)64-39)65-49(74)40(19-14-2)66-53(78)46(58)34(6)69;22-12-3-4-13(23)20(12)29-14(24)9-28-8-7-27-6-5-17-10-1-2-11(21(25)26)16-15(10)18-30-19-16/h15-17,20-21,32-34,36-43,46,68-69H,13-14,18-19,22-31,58H2,1-12H3,(H,59,73)(H,60,79)(H,61,80)(H,62,76)(H,63,72)(H,64,77)(H,65,74)(H,66,78)(H,67,75);1-2,17H,3-9H2/t33-,34+,36+,37+,38-,39+,40-,41-,42?,43+,46-;/m0./s1. The molecule has 622 valence electrons. The molecular weight excluding hydrogens is 1470 g/mol. The Morgan fingerprint density at radius 1 is 0.679 bits per heavy atom. The minimum absolute atomic E-state index is 0.0212. The van der Waals surface area contributed by atoms with Crippen molar-refractivity contribution in [3.63, 3.8) is 0 Å². The van der Waals surface area contributed by atoms with E-state index < -0.39 is 185 Å². The van der Waals surface area contributed by atoms with Crippen molar-refractivity contribution in [3.8, 4) is 0 Å². The normalized spacial score (nSPS) is 20.6. The van der Waals surface area contributed by atoms with Gasteiger partial charge in [-0.25, -0.2) is 19.0 Å². The third-order valence-electron chi connectivity index (χ3n) is 17.0. The summed E-state index contributed by atoms with van der Waals surface area (Å²) in [6.45, 7) is 19.2. The molecule has 2 saturated heterocycles. The van der Waals surface area contributed by atoms with Crippen LogP contribution in [0.15, 0.2) is 47.1 Å². The van der Waals surface area contributed by atoms with Crippen LogP contribution in [0.25, 0.3) is 11.0 Å². The third kappa shape index (κ3) is 33.3. The Bertz CT molecular complexity index is 3680. The zero-order valence-electron chi connectivity index (χ0n) is 65.6. The maximum Gasteiger partial charge on any atom is 0.407 e. The van der Waals surface area contributed by atoms with Crippen molar-refractivity contribution in [1.29, 1.82) is 0 Å². The molecule has 0 bridgehead atoms. The summed E-state index contributed by atoms with van der Waals surface area (Å²) in [5.41, 5.74) is 5.30. The van der Waals surface area contributed by atoms with Crippen molar-refractivity contribution in [2.45, 2.75) is 232 Å². The summed E-state index contributed by atoms with van der Waals surface area (Å²) in [6.07, 6.45) is -5.52. The number of rotatable bonds is 31. The predicted molar refractivity (Wildman–Crippen MR) is 400 cm³/mol. The van der Waals surface area contributed by atoms with Gasteiger partial charge in [0.05, 0.1) is 60.6 Å². The molecule has 3 heterocycles. The molecule has 3 aromatic rings. The van der Waals surface area contributed by atoms with E-state index in [4.69, 9.17) is 24.7 Å². The summed E-state index contributed by atoms with van der Waals surface area (Å²) in [4.78, 5) is 203. The van der Waals surface area contributed by atoms with E-state index >= 15 is 0 Å². The van der Waals surface area contributed by atoms with Gasteiger partial charge in [0.15, 0.2) is 17.1 Å². The van der Waals surface area contributed by atoms with Crippen LogP contribution in [0.2, 0.25) is 0 Å². The first-order chi connectivity index (χ1) is 52.7. The zero-order chi connectivity index (χ0) is 83.6. The van der Waals surface area contributed by atoms with Crippen LogP contribution in [-0.2, 0) is 87.7 Å². The number of carbonyl (C=O) groups excluding carboxylic acids is 14. The fraction of sp³-hybridized carbons (Fsp3) is 0.644. The molecule has 0 radical (unpaired) electrons. The number of nitrogens with zero attached hydrogens (tertiary/aromatic N) is 4. The van der Waals surface area contributed by atoms with Gasteiger partial charge in [-0.2, -0.15) is 0 Å². The lowest BCUT2D eigenvalue weighted by molar-refractivity contribution is -0.383. The summed E-state index contributed by atoms with van der Waals surface area (Å²) < 4.78 is 25.7. The van der Waals surface area contributed by atoms with Crippen molar-refractivity contribution < 1.29 is 111 Å². The lowest BCUT2D eigenvalue weighted by Gasteiger charge is -2.28. The maximum atomic E-state index is 14.7. The van der Waals surface area contributed by atoms with Crippen LogP contribution in [0.4, 0.5) is 21.0 Å². The van der Waals surface area contributed by atoms with Gasteiger partial charge in [-0.3, -0.25) is 62.9 Å². The van der Waals surface area contributed by atoms with Gasteiger partial charge in [0, 0.05) is 63.8 Å². The predicted octanol–water partition coefficient (Wildman–Crippen LogP) is 1.56. The first-order valence-electron chi connectivity index (χ1n) is 37.3. The van der Waals surface area contributed by atoms with E-state index in [1.165, 1.54) is 26.0 Å². The minimum atomic E-state index is -1.52. The number of ether oxygens (including phenoxy) is 4. The number of fused-ring (bicyclic) bond motifs is 1. The molecule has 1 aromatic heterocycles. The van der Waals surface area contributed by atoms with Gasteiger partial charge < -0.3 is 92.9 Å². The number of nitro groups is 1. The largest absolute Gasteiger partial charge is 0.444 e. The van der Waals surface area contributed by atoms with E-state index in [0.717, 1.165) is 0 Å². The number of nitro benzene ring substituents is 1. The second kappa shape index (κ2) is 46.5. The molecule has 11 atom stereocenters. The van der Waals surface area contributed by atoms with E-state index in [0.29, 0.717) is 35.7 Å². The molecular formula is C73H111N15O24. The number of anilines is 1. The number of amides is 11. The molecule has 2 fully saturated rings. The van der Waals surface area contributed by atoms with Crippen molar-refractivity contribution >= 4 is 105 Å². The van der Waals surface area contributed by atoms with Crippen LogP contribution in [0, 0.1) is 27.9 Å². The number of ketones is 2. The van der Waals surface area contributed by atoms with E-state index in [1.54, 1.807) is 85.7 Å². The second-order valence-corrected chi connectivity index (χ2v) is 29.4. The Kier molecular flexibility index (Phi) is 39.0. The van der Waals surface area contributed by atoms with Crippen molar-refractivity contribution in [2.24, 2.45) is 23.5 Å². The number of imide groups is 1. The van der Waals surface area contributed by atoms with Crippen LogP contribution in [0.3, 0.4) is 0 Å². The second-order valence-electron chi connectivity index (χ2n) is 29.4. The summed E-state index contributed by atoms with van der Waals surface area (Å²) in [6, 6.07) is 1.81. The van der Waals surface area contributed by atoms with Crippen LogP contribution in [0.5, 0.6) is 0 Å². The molecule has 0 saturated carbocycles. The quantitative estimate of drug-likeness (QED) is 0.0188. The Labute approximate surface area is 648 Å². The number of aromatic nitrogens is 2. The number of hydroxylamine groups is 2. The monoisotopic (exact) mass is 1580 g/mol. The fourth-order valence-corrected chi connectivity index (χ4v) is 11.3. The number of nitrogens with two attached hydrogens (primary N) is 1. The van der Waals surface area contributed by atoms with Crippen molar-refractivity contribution in [1.82, 2.24) is 63.2 Å². The van der Waals surface area contributed by atoms with Crippen LogP contribution in [-0.4, -0.2) is 232 Å². The molecule has 5 rings (SSSR count). The van der Waals surface area contributed by atoms with E-state index in [1.807, 2.05) is 13.8 Å². The van der Waals surface area contributed by atoms with Crippen LogP contribution < -0.4 is 58.9 Å². The molecule has 2 aliphatic rings. The lowest BCUT2D eigenvalue weighted by atomic mass is 9.88. The number of aliphatic hydroxyl groups is 2. The van der Waals surface area contributed by atoms with Gasteiger partial charge in [-0.1, -0.05) is 70.9 Å². The average molecular weight is 1580 g/mol. The van der Waals surface area contributed by atoms with Gasteiger partial charge >= 0.3 is 23.8 Å². The summed E-state index contributed by atoms with van der Waals surface area (Å²) in [5, 5.41) is 66.3. The number of carbonyl (C=O) groups is 14. The number of nitrogens with one attached hydrogen (secondary N) is 10. The highest BCUT2D eigenvalue weighted by molar-refractivity contribution is 6.02. The molecule has 14 N–H and O–H groups in total. The number of Topliss-reactive ketones (excluding diaryl/α,β-unsaturated/α-hetero) is 2. The number of aliphatic hydroxyl groups excluding tert-OH is 2. The molecule has 11 amide bonds. The van der Waals surface area contributed by atoms with Crippen LogP contribution >= 0.6 is 0 Å². The summed E-state index contributed by atoms with van der Waals surface area (Å²) >= 11 is 0. The number of non-ortho nitro benzene ring substituents is 1. The van der Waals surface area contributed by atoms with Crippen molar-refractivity contribution in [2.75, 3.05) is 57.9 Å². The van der Waals surface area contributed by atoms with Crippen molar-refractivity contribution in [3.05, 3.63) is 58.1 Å². The SMILES string of the molecule is CCC[C@H](NC(=O)[C@@H](N)[C@@H](C)O)C(=O)NC1CCNC(=O)[C@@H]([C@H](C)O)CC(=O)[C@H](CCNC(=O)OC(C)(C)C)NC(=O)[C@H](CCNC(=O)OC(C)(C)C)NC(=O)[C@H](CC(C)C)CC(=O)[C@@H](Cc2ccccc2)NC(=O)[C@@H](CCC)NC1=O.O=C(COCCOCCNc1ccc([N+](=O)[O-])c2nonc12)ON1C(=O)CCC1=O. The molecule has 2 aromatic carbocycles. The highest BCUT2D eigenvalue weighted by Gasteiger charge is 2.39.